The summed E-state index contributed by atoms with van der Waals surface area (Å²) in [6.07, 6.45) is 0.769. The number of nitrogens with zero attached hydrogens (tertiary/aromatic N) is 1. The van der Waals surface area contributed by atoms with E-state index >= 15 is 0 Å². The lowest BCUT2D eigenvalue weighted by molar-refractivity contribution is 0.599. The maximum absolute atomic E-state index is 12.9. The van der Waals surface area contributed by atoms with E-state index in [9.17, 15) is 12.8 Å². The number of H-pyrrole nitrogens is 1. The summed E-state index contributed by atoms with van der Waals surface area (Å²) in [7, 11) is -3.75. The molecule has 114 valence electrons. The van der Waals surface area contributed by atoms with Crippen molar-refractivity contribution in [3.63, 3.8) is 0 Å². The van der Waals surface area contributed by atoms with E-state index in [1.807, 2.05) is 6.92 Å². The molecule has 0 aliphatic heterocycles. The van der Waals surface area contributed by atoms with Gasteiger partial charge in [0.05, 0.1) is 21.6 Å². The van der Waals surface area contributed by atoms with E-state index in [0.717, 1.165) is 35.4 Å². The average molecular weight is 319 g/mol. The SMILES string of the molecule is CCc1nc2ccc(NS(=O)(=O)c3ccc(F)cc3)cc2[nH]1. The molecule has 22 heavy (non-hydrogen) atoms. The largest absolute Gasteiger partial charge is 0.342 e. The Labute approximate surface area is 127 Å². The molecule has 7 heteroatoms. The number of aromatic nitrogens is 2. The van der Waals surface area contributed by atoms with Gasteiger partial charge in [0.2, 0.25) is 0 Å². The normalized spacial score (nSPS) is 11.7. The van der Waals surface area contributed by atoms with Crippen LogP contribution in [-0.2, 0) is 16.4 Å². The van der Waals surface area contributed by atoms with Crippen LogP contribution >= 0.6 is 0 Å². The topological polar surface area (TPSA) is 74.8 Å². The van der Waals surface area contributed by atoms with Crippen molar-refractivity contribution in [1.82, 2.24) is 9.97 Å². The van der Waals surface area contributed by atoms with Crippen LogP contribution in [0, 0.1) is 5.82 Å². The minimum absolute atomic E-state index is 0.00727. The molecule has 0 saturated carbocycles. The minimum Gasteiger partial charge on any atom is -0.342 e. The number of nitrogens with one attached hydrogen (secondary N) is 2. The molecule has 0 aliphatic rings. The molecule has 5 nitrogen and oxygen atoms in total. The van der Waals surface area contributed by atoms with Crippen molar-refractivity contribution in [2.75, 3.05) is 4.72 Å². The predicted octanol–water partition coefficient (Wildman–Crippen LogP) is 3.07. The van der Waals surface area contributed by atoms with Crippen LogP contribution in [0.25, 0.3) is 11.0 Å². The lowest BCUT2D eigenvalue weighted by atomic mass is 10.3. The second-order valence-corrected chi connectivity index (χ2v) is 6.51. The molecule has 2 N–H and O–H groups in total. The molecule has 0 fully saturated rings. The number of aryl methyl sites for hydroxylation is 1. The van der Waals surface area contributed by atoms with Crippen molar-refractivity contribution in [3.05, 3.63) is 54.1 Å². The molecule has 1 aromatic heterocycles. The summed E-state index contributed by atoms with van der Waals surface area (Å²) >= 11 is 0. The summed E-state index contributed by atoms with van der Waals surface area (Å²) in [5.41, 5.74) is 1.96. The summed E-state index contributed by atoms with van der Waals surface area (Å²) in [5.74, 6) is 0.360. The molecular formula is C15H14FN3O2S. The van der Waals surface area contributed by atoms with Crippen molar-refractivity contribution < 1.29 is 12.8 Å². The number of imidazole rings is 1. The lowest BCUT2D eigenvalue weighted by Gasteiger charge is -2.08. The molecule has 1 heterocycles. The Bertz CT molecular complexity index is 918. The Morgan fingerprint density at radius 1 is 1.18 bits per heavy atom. The Morgan fingerprint density at radius 3 is 2.59 bits per heavy atom. The number of sulfonamides is 1. The summed E-state index contributed by atoms with van der Waals surface area (Å²) < 4.78 is 39.9. The molecule has 0 atom stereocenters. The maximum atomic E-state index is 12.9. The average Bonchev–Trinajstić information content (AvgIpc) is 2.89. The van der Waals surface area contributed by atoms with E-state index in [-0.39, 0.29) is 4.90 Å². The van der Waals surface area contributed by atoms with Gasteiger partial charge in [0, 0.05) is 6.42 Å². The Hall–Kier alpha value is -2.41. The second kappa shape index (κ2) is 5.42. The molecule has 0 saturated heterocycles. The minimum atomic E-state index is -3.75. The Balaban J connectivity index is 1.92. The zero-order valence-corrected chi connectivity index (χ0v) is 12.6. The van der Waals surface area contributed by atoms with E-state index in [1.54, 1.807) is 18.2 Å². The fourth-order valence-electron chi connectivity index (χ4n) is 2.12. The quantitative estimate of drug-likeness (QED) is 0.776. The van der Waals surface area contributed by atoms with Gasteiger partial charge in [-0.2, -0.15) is 0 Å². The van der Waals surface area contributed by atoms with Gasteiger partial charge in [0.1, 0.15) is 11.6 Å². The molecule has 2 aromatic carbocycles. The van der Waals surface area contributed by atoms with Gasteiger partial charge in [-0.25, -0.2) is 17.8 Å². The van der Waals surface area contributed by atoms with Crippen LogP contribution in [0.2, 0.25) is 0 Å². The third kappa shape index (κ3) is 2.80. The van der Waals surface area contributed by atoms with Crippen molar-refractivity contribution in [2.45, 2.75) is 18.2 Å². The number of hydrogen-bond donors (Lipinski definition) is 2. The first-order valence-corrected chi connectivity index (χ1v) is 8.23. The fourth-order valence-corrected chi connectivity index (χ4v) is 3.17. The molecule has 0 aliphatic carbocycles. The highest BCUT2D eigenvalue weighted by molar-refractivity contribution is 7.92. The zero-order chi connectivity index (χ0) is 15.7. The van der Waals surface area contributed by atoms with Crippen molar-refractivity contribution in [2.24, 2.45) is 0 Å². The van der Waals surface area contributed by atoms with Gasteiger partial charge in [0.25, 0.3) is 10.0 Å². The number of anilines is 1. The van der Waals surface area contributed by atoms with Crippen LogP contribution in [0.1, 0.15) is 12.7 Å². The summed E-state index contributed by atoms with van der Waals surface area (Å²) in [5, 5.41) is 0. The van der Waals surface area contributed by atoms with Crippen molar-refractivity contribution in [3.8, 4) is 0 Å². The van der Waals surface area contributed by atoms with Crippen LogP contribution in [0.5, 0.6) is 0 Å². The smallest absolute Gasteiger partial charge is 0.261 e. The van der Waals surface area contributed by atoms with E-state index in [4.69, 9.17) is 0 Å². The number of fused-ring (bicyclic) bond motifs is 1. The first-order valence-electron chi connectivity index (χ1n) is 6.75. The highest BCUT2D eigenvalue weighted by Crippen LogP contribution is 2.21. The molecule has 0 radical (unpaired) electrons. The van der Waals surface area contributed by atoms with Crippen LogP contribution < -0.4 is 4.72 Å². The van der Waals surface area contributed by atoms with Gasteiger partial charge in [-0.1, -0.05) is 6.92 Å². The summed E-state index contributed by atoms with van der Waals surface area (Å²) in [6, 6.07) is 9.74. The van der Waals surface area contributed by atoms with Gasteiger partial charge >= 0.3 is 0 Å². The van der Waals surface area contributed by atoms with Crippen LogP contribution in [0.4, 0.5) is 10.1 Å². The third-order valence-corrected chi connectivity index (χ3v) is 4.64. The van der Waals surface area contributed by atoms with E-state index in [1.165, 1.54) is 12.1 Å². The van der Waals surface area contributed by atoms with Crippen molar-refractivity contribution in [1.29, 1.82) is 0 Å². The summed E-state index contributed by atoms with van der Waals surface area (Å²) in [6.45, 7) is 1.98. The van der Waals surface area contributed by atoms with E-state index in [2.05, 4.69) is 14.7 Å². The van der Waals surface area contributed by atoms with E-state index in [0.29, 0.717) is 5.69 Å². The number of rotatable bonds is 4. The summed E-state index contributed by atoms with van der Waals surface area (Å²) in [4.78, 5) is 7.49. The Kier molecular flexibility index (Phi) is 3.58. The van der Waals surface area contributed by atoms with Gasteiger partial charge < -0.3 is 4.98 Å². The zero-order valence-electron chi connectivity index (χ0n) is 11.8. The fraction of sp³-hybridized carbons (Fsp3) is 0.133. The molecule has 0 spiro atoms. The Morgan fingerprint density at radius 2 is 1.91 bits per heavy atom. The van der Waals surface area contributed by atoms with Gasteiger partial charge in [-0.3, -0.25) is 4.72 Å². The van der Waals surface area contributed by atoms with E-state index < -0.39 is 15.8 Å². The number of aromatic amines is 1. The van der Waals surface area contributed by atoms with Gasteiger partial charge in [0.15, 0.2) is 0 Å². The number of benzene rings is 2. The van der Waals surface area contributed by atoms with Crippen LogP contribution in [-0.4, -0.2) is 18.4 Å². The maximum Gasteiger partial charge on any atom is 0.261 e. The predicted molar refractivity (Wildman–Crippen MR) is 82.7 cm³/mol. The number of halogens is 1. The molecule has 0 unspecified atom stereocenters. The molecule has 3 rings (SSSR count). The van der Waals surface area contributed by atoms with Crippen molar-refractivity contribution >= 4 is 26.7 Å². The van der Waals surface area contributed by atoms with Gasteiger partial charge in [-0.05, 0) is 42.5 Å². The highest BCUT2D eigenvalue weighted by Gasteiger charge is 2.14. The highest BCUT2D eigenvalue weighted by atomic mass is 32.2. The van der Waals surface area contributed by atoms with Crippen LogP contribution in [0.15, 0.2) is 47.4 Å². The monoisotopic (exact) mass is 319 g/mol. The molecule has 0 bridgehead atoms. The third-order valence-electron chi connectivity index (χ3n) is 3.24. The molecular weight excluding hydrogens is 305 g/mol. The molecule has 0 amide bonds. The first kappa shape index (κ1) is 14.5. The number of hydrogen-bond acceptors (Lipinski definition) is 3. The first-order chi connectivity index (χ1) is 10.5. The van der Waals surface area contributed by atoms with Gasteiger partial charge in [-0.15, -0.1) is 0 Å². The standard InChI is InChI=1S/C15H14FN3O2S/c1-2-15-17-13-8-5-11(9-14(13)18-15)19-22(20,21)12-6-3-10(16)4-7-12/h3-9,19H,2H2,1H3,(H,17,18). The van der Waals surface area contributed by atoms with Crippen LogP contribution in [0.3, 0.4) is 0 Å². The lowest BCUT2D eigenvalue weighted by Crippen LogP contribution is -2.12. The molecule has 3 aromatic rings. The second-order valence-electron chi connectivity index (χ2n) is 4.83.